The van der Waals surface area contributed by atoms with Crippen LogP contribution in [0.2, 0.25) is 0 Å². The number of para-hydroxylation sites is 1. The van der Waals surface area contributed by atoms with Gasteiger partial charge in [-0.2, -0.15) is 0 Å². The fourth-order valence-corrected chi connectivity index (χ4v) is 8.92. The molecule has 284 valence electrons. The van der Waals surface area contributed by atoms with Crippen molar-refractivity contribution in [2.24, 2.45) is 0 Å². The molecule has 12 rings (SSSR count). The van der Waals surface area contributed by atoms with Gasteiger partial charge in [-0.05, 0) is 63.7 Å². The molecule has 0 spiro atoms. The minimum atomic E-state index is 0.624. The third-order valence-electron chi connectivity index (χ3n) is 11.8. The lowest BCUT2D eigenvalue weighted by molar-refractivity contribution is 1.08. The van der Waals surface area contributed by atoms with E-state index in [1.807, 2.05) is 30.3 Å². The van der Waals surface area contributed by atoms with E-state index in [9.17, 15) is 0 Å². The molecule has 0 N–H and O–H groups in total. The van der Waals surface area contributed by atoms with Crippen LogP contribution in [-0.4, -0.2) is 24.5 Å². The lowest BCUT2D eigenvalue weighted by Gasteiger charge is -2.12. The highest BCUT2D eigenvalue weighted by Gasteiger charge is 2.19. The zero-order valence-corrected chi connectivity index (χ0v) is 32.9. The molecule has 5 heteroatoms. The molecule has 12 aromatic rings. The molecule has 0 aliphatic heterocycles. The van der Waals surface area contributed by atoms with Gasteiger partial charge in [0, 0.05) is 49.5 Å². The summed E-state index contributed by atoms with van der Waals surface area (Å²) in [5.74, 6) is 1.91. The Morgan fingerprint density at radius 3 is 1.67 bits per heavy atom. The number of rotatable bonds is 6. The molecule has 61 heavy (non-hydrogen) atoms. The number of nitrogens with zero attached hydrogens (tertiary/aromatic N) is 5. The van der Waals surface area contributed by atoms with E-state index in [-0.39, 0.29) is 0 Å². The fourth-order valence-electron chi connectivity index (χ4n) is 8.92. The van der Waals surface area contributed by atoms with E-state index in [1.54, 1.807) is 0 Å². The van der Waals surface area contributed by atoms with Crippen molar-refractivity contribution in [3.63, 3.8) is 0 Å². The molecule has 0 unspecified atom stereocenters. The molecule has 3 aromatic heterocycles. The molecular weight excluding hydrogens is 743 g/mol. The Balaban J connectivity index is 1.04. The highest BCUT2D eigenvalue weighted by molar-refractivity contribution is 6.19. The number of pyridine rings is 1. The van der Waals surface area contributed by atoms with E-state index in [0.29, 0.717) is 17.5 Å². The van der Waals surface area contributed by atoms with Crippen LogP contribution in [-0.2, 0) is 0 Å². The van der Waals surface area contributed by atoms with E-state index >= 15 is 0 Å². The largest absolute Gasteiger partial charge is 0.309 e. The van der Waals surface area contributed by atoms with Gasteiger partial charge in [-0.15, -0.1) is 0 Å². The molecule has 0 saturated heterocycles. The van der Waals surface area contributed by atoms with Gasteiger partial charge in [0.15, 0.2) is 17.5 Å². The third kappa shape index (κ3) is 5.94. The van der Waals surface area contributed by atoms with E-state index in [4.69, 9.17) is 19.9 Å². The van der Waals surface area contributed by atoms with Crippen molar-refractivity contribution in [1.29, 1.82) is 0 Å². The molecule has 0 aliphatic carbocycles. The summed E-state index contributed by atoms with van der Waals surface area (Å²) in [6, 6.07) is 74.6. The van der Waals surface area contributed by atoms with Crippen LogP contribution >= 0.6 is 0 Å². The van der Waals surface area contributed by atoms with Crippen LogP contribution in [0.25, 0.3) is 116 Å². The number of hydrogen-bond donors (Lipinski definition) is 0. The van der Waals surface area contributed by atoms with Crippen LogP contribution in [0.4, 0.5) is 0 Å². The summed E-state index contributed by atoms with van der Waals surface area (Å²) in [5, 5.41) is 8.03. The fraction of sp³-hybridized carbons (Fsp3) is 0. The first-order valence-electron chi connectivity index (χ1n) is 20.6. The van der Waals surface area contributed by atoms with Crippen molar-refractivity contribution < 1.29 is 0 Å². The van der Waals surface area contributed by atoms with Crippen molar-refractivity contribution in [3.05, 3.63) is 212 Å². The van der Waals surface area contributed by atoms with Gasteiger partial charge in [0.2, 0.25) is 0 Å². The van der Waals surface area contributed by atoms with Crippen molar-refractivity contribution in [2.45, 2.75) is 0 Å². The van der Waals surface area contributed by atoms with Crippen molar-refractivity contribution >= 4 is 54.3 Å². The molecule has 5 nitrogen and oxygen atoms in total. The molecule has 0 saturated carbocycles. The zero-order chi connectivity index (χ0) is 40.3. The van der Waals surface area contributed by atoms with Crippen LogP contribution in [0.15, 0.2) is 212 Å². The smallest absolute Gasteiger partial charge is 0.164 e. The second-order valence-corrected chi connectivity index (χ2v) is 15.4. The zero-order valence-electron chi connectivity index (χ0n) is 32.9. The van der Waals surface area contributed by atoms with Crippen molar-refractivity contribution in [2.75, 3.05) is 0 Å². The predicted octanol–water partition coefficient (Wildman–Crippen LogP) is 14.2. The molecule has 3 heterocycles. The van der Waals surface area contributed by atoms with Crippen LogP contribution in [0.3, 0.4) is 0 Å². The van der Waals surface area contributed by atoms with Gasteiger partial charge in [-0.3, -0.25) is 0 Å². The SMILES string of the molecule is c1ccc(-c2nc(-c3cccc(-c4ccc5c6cc7nc(-c8ccccc8)c8ccccc8c7cc6n(-c6ccccc6)c5c4)c3)nc(-c3cccc4ccccc34)n2)cc1. The summed E-state index contributed by atoms with van der Waals surface area (Å²) in [6.07, 6.45) is 0. The van der Waals surface area contributed by atoms with Crippen LogP contribution in [0, 0.1) is 0 Å². The Hall–Kier alpha value is -8.28. The maximum absolute atomic E-state index is 5.36. The molecule has 0 atom stereocenters. The summed E-state index contributed by atoms with van der Waals surface area (Å²) < 4.78 is 2.39. The molecule has 0 bridgehead atoms. The Morgan fingerprint density at radius 1 is 0.295 bits per heavy atom. The summed E-state index contributed by atoms with van der Waals surface area (Å²) in [6.45, 7) is 0. The number of hydrogen-bond acceptors (Lipinski definition) is 4. The summed E-state index contributed by atoms with van der Waals surface area (Å²) in [7, 11) is 0. The van der Waals surface area contributed by atoms with Gasteiger partial charge >= 0.3 is 0 Å². The first-order chi connectivity index (χ1) is 30.2. The number of fused-ring (bicyclic) bond motifs is 7. The normalized spacial score (nSPS) is 11.6. The molecular formula is C56H35N5. The second-order valence-electron chi connectivity index (χ2n) is 15.4. The van der Waals surface area contributed by atoms with E-state index in [2.05, 4.69) is 187 Å². The lowest BCUT2D eigenvalue weighted by atomic mass is 9.98. The minimum absolute atomic E-state index is 0.624. The monoisotopic (exact) mass is 777 g/mol. The Labute approximate surface area is 351 Å². The molecule has 0 fully saturated rings. The number of benzene rings is 9. The van der Waals surface area contributed by atoms with Crippen LogP contribution in [0.1, 0.15) is 0 Å². The van der Waals surface area contributed by atoms with Gasteiger partial charge in [0.25, 0.3) is 0 Å². The average molecular weight is 778 g/mol. The first-order valence-corrected chi connectivity index (χ1v) is 20.6. The van der Waals surface area contributed by atoms with Crippen LogP contribution in [0.5, 0.6) is 0 Å². The van der Waals surface area contributed by atoms with Gasteiger partial charge < -0.3 is 4.57 Å². The van der Waals surface area contributed by atoms with Crippen LogP contribution < -0.4 is 0 Å². The Morgan fingerprint density at radius 2 is 0.869 bits per heavy atom. The third-order valence-corrected chi connectivity index (χ3v) is 11.8. The Kier molecular flexibility index (Phi) is 8.10. The van der Waals surface area contributed by atoms with E-state index in [0.717, 1.165) is 88.2 Å². The summed E-state index contributed by atoms with van der Waals surface area (Å²) in [5.41, 5.74) is 11.4. The molecule has 9 aromatic carbocycles. The van der Waals surface area contributed by atoms with Gasteiger partial charge in [-0.1, -0.05) is 176 Å². The topological polar surface area (TPSA) is 56.5 Å². The van der Waals surface area contributed by atoms with Gasteiger partial charge in [-0.25, -0.2) is 19.9 Å². The van der Waals surface area contributed by atoms with Gasteiger partial charge in [0.05, 0.1) is 22.2 Å². The summed E-state index contributed by atoms with van der Waals surface area (Å²) >= 11 is 0. The molecule has 0 aliphatic rings. The quantitative estimate of drug-likeness (QED) is 0.158. The second kappa shape index (κ2) is 14.2. The first kappa shape index (κ1) is 34.7. The number of aromatic nitrogens is 5. The average Bonchev–Trinajstić information content (AvgIpc) is 3.66. The minimum Gasteiger partial charge on any atom is -0.309 e. The Bertz CT molecular complexity index is 3630. The maximum Gasteiger partial charge on any atom is 0.164 e. The van der Waals surface area contributed by atoms with E-state index < -0.39 is 0 Å². The van der Waals surface area contributed by atoms with Crippen molar-refractivity contribution in [1.82, 2.24) is 24.5 Å². The molecule has 0 radical (unpaired) electrons. The highest BCUT2D eigenvalue weighted by atomic mass is 15.0. The lowest BCUT2D eigenvalue weighted by Crippen LogP contribution is -2.00. The summed E-state index contributed by atoms with van der Waals surface area (Å²) in [4.78, 5) is 20.7. The maximum atomic E-state index is 5.36. The predicted molar refractivity (Wildman–Crippen MR) is 252 cm³/mol. The van der Waals surface area contributed by atoms with E-state index in [1.165, 1.54) is 10.8 Å². The standard InChI is InChI=1S/C56H35N5/c1-4-17-37(18-5-1)53-46-28-13-12-27-44(46)48-35-52-49(34-50(48)57-53)45-31-30-40(33-51(45)61(52)42-24-8-3-9-25-42)39-22-14-23-41(32-39)55-58-54(38-19-6-2-7-20-38)59-56(60-55)47-29-15-21-36-16-10-11-26-43(36)47/h1-35H. The highest BCUT2D eigenvalue weighted by Crippen LogP contribution is 2.40. The van der Waals surface area contributed by atoms with Gasteiger partial charge in [0.1, 0.15) is 0 Å². The molecule has 0 amide bonds. The van der Waals surface area contributed by atoms with Crippen molar-refractivity contribution in [3.8, 4) is 62.2 Å².